The number of aryl methyl sites for hydroxylation is 2. The molecule has 1 saturated heterocycles. The number of nitro groups is 1. The van der Waals surface area contributed by atoms with E-state index in [1.54, 1.807) is 18.5 Å². The molecule has 1 amide bonds. The summed E-state index contributed by atoms with van der Waals surface area (Å²) in [5, 5.41) is 21.5. The number of amides is 1. The van der Waals surface area contributed by atoms with Gasteiger partial charge in [-0.1, -0.05) is 6.92 Å². The molecule has 2 unspecified atom stereocenters. The normalized spacial score (nSPS) is 20.7. The van der Waals surface area contributed by atoms with Crippen LogP contribution in [0.5, 0.6) is 0 Å². The van der Waals surface area contributed by atoms with Crippen molar-refractivity contribution < 1.29 is 9.72 Å². The van der Waals surface area contributed by atoms with Crippen LogP contribution in [-0.2, 0) is 11.3 Å². The lowest BCUT2D eigenvalue weighted by Gasteiger charge is -2.30. The highest BCUT2D eigenvalue weighted by Gasteiger charge is 2.24. The Balaban J connectivity index is 0.00000264. The minimum absolute atomic E-state index is 0. The fraction of sp³-hybridized carbons (Fsp3) is 0.714. The van der Waals surface area contributed by atoms with Crippen molar-refractivity contribution in [3.05, 3.63) is 21.5 Å². The summed E-state index contributed by atoms with van der Waals surface area (Å²) >= 11 is 0. The molecule has 0 spiro atoms. The number of hydrogen-bond acceptors (Lipinski definition) is 5. The SMILES string of the molecule is Cc1nn(CCC(=O)NC2CCNCC2C)c(C)c1[N+](=O)[O-].Cl. The van der Waals surface area contributed by atoms with Crippen molar-refractivity contribution in [3.63, 3.8) is 0 Å². The number of carbonyl (C=O) groups is 1. The Labute approximate surface area is 141 Å². The molecule has 0 saturated carbocycles. The van der Waals surface area contributed by atoms with Crippen molar-refractivity contribution in [2.45, 2.75) is 46.2 Å². The van der Waals surface area contributed by atoms with Crippen LogP contribution < -0.4 is 10.6 Å². The maximum atomic E-state index is 12.1. The van der Waals surface area contributed by atoms with E-state index in [9.17, 15) is 14.9 Å². The molecule has 0 aliphatic carbocycles. The lowest BCUT2D eigenvalue weighted by Crippen LogP contribution is -2.48. The molecule has 9 heteroatoms. The minimum atomic E-state index is -0.426. The molecule has 0 radical (unpaired) electrons. The van der Waals surface area contributed by atoms with Gasteiger partial charge in [-0.25, -0.2) is 0 Å². The number of carbonyl (C=O) groups excluding carboxylic acids is 1. The van der Waals surface area contributed by atoms with Crippen LogP contribution in [-0.4, -0.2) is 39.7 Å². The molecule has 0 aromatic carbocycles. The topological polar surface area (TPSA) is 102 Å². The van der Waals surface area contributed by atoms with Gasteiger partial charge in [-0.05, 0) is 39.3 Å². The molecule has 0 bridgehead atoms. The van der Waals surface area contributed by atoms with Gasteiger partial charge in [0.1, 0.15) is 11.4 Å². The summed E-state index contributed by atoms with van der Waals surface area (Å²) in [4.78, 5) is 22.6. The molecule has 2 rings (SSSR count). The molecular formula is C14H24ClN5O3. The second-order valence-electron chi connectivity index (χ2n) is 5.89. The van der Waals surface area contributed by atoms with Crippen molar-refractivity contribution in [1.29, 1.82) is 0 Å². The number of aromatic nitrogens is 2. The third-order valence-corrected chi connectivity index (χ3v) is 4.21. The Bertz CT molecular complexity index is 575. The lowest BCUT2D eigenvalue weighted by atomic mass is 9.95. The van der Waals surface area contributed by atoms with Gasteiger partial charge < -0.3 is 10.6 Å². The highest BCUT2D eigenvalue weighted by atomic mass is 35.5. The Morgan fingerprint density at radius 3 is 2.78 bits per heavy atom. The van der Waals surface area contributed by atoms with Crippen LogP contribution in [0.1, 0.15) is 31.2 Å². The van der Waals surface area contributed by atoms with Crippen LogP contribution in [0.15, 0.2) is 0 Å². The first-order chi connectivity index (χ1) is 10.4. The van der Waals surface area contributed by atoms with E-state index in [-0.39, 0.29) is 36.5 Å². The van der Waals surface area contributed by atoms with Crippen LogP contribution in [0.3, 0.4) is 0 Å². The first kappa shape index (κ1) is 19.4. The number of hydrogen-bond donors (Lipinski definition) is 2. The van der Waals surface area contributed by atoms with Gasteiger partial charge >= 0.3 is 5.69 Å². The largest absolute Gasteiger partial charge is 0.353 e. The van der Waals surface area contributed by atoms with Gasteiger partial charge in [-0.3, -0.25) is 19.6 Å². The summed E-state index contributed by atoms with van der Waals surface area (Å²) in [6.07, 6.45) is 1.20. The second kappa shape index (κ2) is 8.26. The molecule has 1 fully saturated rings. The van der Waals surface area contributed by atoms with E-state index in [1.807, 2.05) is 0 Å². The molecule has 130 valence electrons. The maximum absolute atomic E-state index is 12.1. The van der Waals surface area contributed by atoms with Gasteiger partial charge in [0.2, 0.25) is 5.91 Å². The van der Waals surface area contributed by atoms with E-state index in [4.69, 9.17) is 0 Å². The van der Waals surface area contributed by atoms with Gasteiger partial charge in [-0.2, -0.15) is 5.10 Å². The van der Waals surface area contributed by atoms with Gasteiger partial charge in [0.25, 0.3) is 0 Å². The van der Waals surface area contributed by atoms with E-state index in [0.717, 1.165) is 19.5 Å². The number of piperidine rings is 1. The number of nitrogens with one attached hydrogen (secondary N) is 2. The van der Waals surface area contributed by atoms with Crippen molar-refractivity contribution >= 4 is 24.0 Å². The zero-order valence-corrected chi connectivity index (χ0v) is 14.5. The van der Waals surface area contributed by atoms with Crippen LogP contribution in [0.25, 0.3) is 0 Å². The molecule has 2 heterocycles. The van der Waals surface area contributed by atoms with Crippen LogP contribution in [0.2, 0.25) is 0 Å². The fourth-order valence-electron chi connectivity index (χ4n) is 2.88. The minimum Gasteiger partial charge on any atom is -0.353 e. The second-order valence-corrected chi connectivity index (χ2v) is 5.89. The number of nitrogens with zero attached hydrogens (tertiary/aromatic N) is 3. The Kier molecular flexibility index (Phi) is 6.96. The van der Waals surface area contributed by atoms with Gasteiger partial charge in [0, 0.05) is 12.5 Å². The lowest BCUT2D eigenvalue weighted by molar-refractivity contribution is -0.386. The first-order valence-corrected chi connectivity index (χ1v) is 7.58. The Morgan fingerprint density at radius 2 is 2.22 bits per heavy atom. The first-order valence-electron chi connectivity index (χ1n) is 7.58. The molecule has 23 heavy (non-hydrogen) atoms. The summed E-state index contributed by atoms with van der Waals surface area (Å²) in [7, 11) is 0. The third-order valence-electron chi connectivity index (χ3n) is 4.21. The highest BCUT2D eigenvalue weighted by Crippen LogP contribution is 2.21. The van der Waals surface area contributed by atoms with Crippen molar-refractivity contribution in [2.75, 3.05) is 13.1 Å². The summed E-state index contributed by atoms with van der Waals surface area (Å²) < 4.78 is 1.54. The standard InChI is InChI=1S/C14H23N5O3.ClH/c1-9-8-15-6-4-12(9)16-13(20)5-7-18-11(3)14(19(21)22)10(2)17-18;/h9,12,15H,4-8H2,1-3H3,(H,16,20);1H. The zero-order chi connectivity index (χ0) is 16.3. The van der Waals surface area contributed by atoms with Crippen molar-refractivity contribution in [2.24, 2.45) is 5.92 Å². The Hall–Kier alpha value is -1.67. The van der Waals surface area contributed by atoms with Crippen molar-refractivity contribution in [3.8, 4) is 0 Å². The summed E-state index contributed by atoms with van der Waals surface area (Å²) in [5.74, 6) is 0.376. The van der Waals surface area contributed by atoms with Crippen molar-refractivity contribution in [1.82, 2.24) is 20.4 Å². The predicted molar refractivity (Wildman–Crippen MR) is 88.8 cm³/mol. The van der Waals surface area contributed by atoms with Crippen LogP contribution >= 0.6 is 12.4 Å². The van der Waals surface area contributed by atoms with Gasteiger partial charge in [0.05, 0.1) is 11.5 Å². The van der Waals surface area contributed by atoms with Crippen LogP contribution in [0.4, 0.5) is 5.69 Å². The smallest absolute Gasteiger partial charge is 0.312 e. The zero-order valence-electron chi connectivity index (χ0n) is 13.7. The molecule has 1 aliphatic heterocycles. The number of rotatable bonds is 5. The molecule has 2 N–H and O–H groups in total. The monoisotopic (exact) mass is 345 g/mol. The summed E-state index contributed by atoms with van der Waals surface area (Å²) in [6.45, 7) is 7.56. The van der Waals surface area contributed by atoms with E-state index < -0.39 is 4.92 Å². The highest BCUT2D eigenvalue weighted by molar-refractivity contribution is 5.85. The molecule has 1 aliphatic rings. The number of halogens is 1. The molecular weight excluding hydrogens is 322 g/mol. The molecule has 1 aromatic rings. The van der Waals surface area contributed by atoms with Gasteiger partial charge in [-0.15, -0.1) is 12.4 Å². The fourth-order valence-corrected chi connectivity index (χ4v) is 2.88. The maximum Gasteiger partial charge on any atom is 0.312 e. The predicted octanol–water partition coefficient (Wildman–Crippen LogP) is 1.33. The van der Waals surface area contributed by atoms with Gasteiger partial charge in [0.15, 0.2) is 0 Å². The van der Waals surface area contributed by atoms with E-state index >= 15 is 0 Å². The summed E-state index contributed by atoms with van der Waals surface area (Å²) in [5.41, 5.74) is 0.910. The van der Waals surface area contributed by atoms with E-state index in [2.05, 4.69) is 22.7 Å². The molecule has 1 aromatic heterocycles. The average molecular weight is 346 g/mol. The molecule has 2 atom stereocenters. The van der Waals surface area contributed by atoms with E-state index in [0.29, 0.717) is 23.9 Å². The van der Waals surface area contributed by atoms with E-state index in [1.165, 1.54) is 0 Å². The quantitative estimate of drug-likeness (QED) is 0.619. The Morgan fingerprint density at radius 1 is 1.52 bits per heavy atom. The third kappa shape index (κ3) is 4.65. The van der Waals surface area contributed by atoms with Crippen LogP contribution in [0, 0.1) is 29.9 Å². The average Bonchev–Trinajstić information content (AvgIpc) is 2.73. The molecule has 8 nitrogen and oxygen atoms in total. The summed E-state index contributed by atoms with van der Waals surface area (Å²) in [6, 6.07) is 0.198.